The number of carbonyl (C=O) groups excluding carboxylic acids is 1. The van der Waals surface area contributed by atoms with E-state index in [1.807, 2.05) is 0 Å². The van der Waals surface area contributed by atoms with Crippen LogP contribution < -0.4 is 4.74 Å². The Balaban J connectivity index is 1.28. The van der Waals surface area contributed by atoms with E-state index in [1.165, 1.54) is 7.11 Å². The van der Waals surface area contributed by atoms with Gasteiger partial charge in [0.2, 0.25) is 0 Å². The number of hydrogen-bond donors (Lipinski definition) is 1. The van der Waals surface area contributed by atoms with Gasteiger partial charge in [-0.2, -0.15) is 0 Å². The topological polar surface area (TPSA) is 116 Å². The lowest BCUT2D eigenvalue weighted by atomic mass is 9.64. The molecule has 1 atom stereocenters. The molecule has 0 saturated heterocycles. The number of esters is 1. The van der Waals surface area contributed by atoms with Crippen LogP contribution in [-0.4, -0.2) is 42.8 Å². The monoisotopic (exact) mass is 681 g/mol. The van der Waals surface area contributed by atoms with Gasteiger partial charge in [0.1, 0.15) is 23.8 Å². The number of allylic oxidation sites excluding steroid dienone is 1. The first-order chi connectivity index (χ1) is 20.9. The van der Waals surface area contributed by atoms with Crippen molar-refractivity contribution in [3.63, 3.8) is 0 Å². The summed E-state index contributed by atoms with van der Waals surface area (Å²) in [5, 5.41) is 16.2. The Morgan fingerprint density at radius 2 is 1.84 bits per heavy atom. The van der Waals surface area contributed by atoms with Gasteiger partial charge in [0.15, 0.2) is 9.84 Å². The van der Waals surface area contributed by atoms with E-state index in [2.05, 4.69) is 9.89 Å². The first-order valence-corrected chi connectivity index (χ1v) is 17.3. The smallest absolute Gasteiger partial charge is 0.306 e. The average molecular weight is 683 g/mol. The molecule has 2 saturated carbocycles. The first kappa shape index (κ1) is 32.8. The molecule has 1 N–H and O–H groups in total. The molecule has 0 bridgehead atoms. The minimum absolute atomic E-state index is 0.149. The molecular weight excluding hydrogens is 649 g/mol. The fraction of sp³-hybridized carbons (Fsp3) is 0.438. The first-order valence-electron chi connectivity index (χ1n) is 14.4. The van der Waals surface area contributed by atoms with E-state index in [1.54, 1.807) is 56.3 Å². The van der Waals surface area contributed by atoms with Crippen molar-refractivity contribution in [2.45, 2.75) is 69.3 Å². The van der Waals surface area contributed by atoms with Gasteiger partial charge in [-0.05, 0) is 69.7 Å². The minimum Gasteiger partial charge on any atom is -0.489 e. The molecule has 5 rings (SSSR count). The van der Waals surface area contributed by atoms with Crippen LogP contribution in [0.5, 0.6) is 5.75 Å². The predicted octanol–water partition coefficient (Wildman–Crippen LogP) is 7.67. The third-order valence-electron chi connectivity index (χ3n) is 8.59. The number of sulfone groups is 1. The van der Waals surface area contributed by atoms with Gasteiger partial charge in [-0.1, -0.05) is 63.7 Å². The minimum atomic E-state index is -3.59. The summed E-state index contributed by atoms with van der Waals surface area (Å²) in [6.07, 6.45) is 4.23. The molecule has 1 heterocycles. The van der Waals surface area contributed by atoms with Crippen LogP contribution in [-0.2, 0) is 31.6 Å². The summed E-state index contributed by atoms with van der Waals surface area (Å²) in [6, 6.07) is 10.4. The molecule has 2 aromatic carbocycles. The van der Waals surface area contributed by atoms with Crippen LogP contribution >= 0.6 is 34.8 Å². The number of hydrogen-bond acceptors (Lipinski definition) is 8. The molecule has 44 heavy (non-hydrogen) atoms. The van der Waals surface area contributed by atoms with E-state index in [0.29, 0.717) is 56.1 Å². The average Bonchev–Trinajstić information content (AvgIpc) is 3.74. The third kappa shape index (κ3) is 6.67. The molecule has 2 fully saturated rings. The van der Waals surface area contributed by atoms with Crippen LogP contribution in [0.4, 0.5) is 0 Å². The molecule has 12 heteroatoms. The second-order valence-electron chi connectivity index (χ2n) is 11.4. The zero-order valence-corrected chi connectivity index (χ0v) is 27.7. The number of carbonyl (C=O) groups is 1. The zero-order chi connectivity index (χ0) is 31.8. The van der Waals surface area contributed by atoms with E-state index in [4.69, 9.17) is 44.1 Å². The summed E-state index contributed by atoms with van der Waals surface area (Å²) >= 11 is 19.6. The summed E-state index contributed by atoms with van der Waals surface area (Å²) < 4.78 is 42.2. The molecule has 2 aliphatic carbocycles. The number of methoxy groups -OCH3 is 1. The van der Waals surface area contributed by atoms with Gasteiger partial charge in [0.05, 0.1) is 50.8 Å². The normalized spacial score (nSPS) is 21.1. The lowest BCUT2D eigenvalue weighted by Crippen LogP contribution is -2.44. The van der Waals surface area contributed by atoms with Gasteiger partial charge in [0, 0.05) is 17.0 Å². The van der Waals surface area contributed by atoms with Crippen molar-refractivity contribution in [1.82, 2.24) is 5.16 Å². The van der Waals surface area contributed by atoms with Crippen LogP contribution in [0.15, 0.2) is 52.6 Å². The molecule has 0 amide bonds. The number of ether oxygens (including phenoxy) is 2. The number of aromatic nitrogens is 1. The highest BCUT2D eigenvalue weighted by molar-refractivity contribution is 7.92. The molecule has 8 nitrogen and oxygen atoms in total. The maximum absolute atomic E-state index is 12.9. The zero-order valence-electron chi connectivity index (χ0n) is 24.6. The van der Waals surface area contributed by atoms with E-state index < -0.39 is 26.7 Å². The van der Waals surface area contributed by atoms with Crippen LogP contribution in [0.25, 0.3) is 11.3 Å². The van der Waals surface area contributed by atoms with Crippen LogP contribution in [0.2, 0.25) is 15.1 Å². The van der Waals surface area contributed by atoms with Crippen molar-refractivity contribution in [3.8, 4) is 17.0 Å². The molecular formula is C32H34Cl3NO7S. The van der Waals surface area contributed by atoms with Crippen LogP contribution in [0.3, 0.4) is 0 Å². The summed E-state index contributed by atoms with van der Waals surface area (Å²) in [6.45, 7) is 3.56. The molecule has 3 aromatic rings. The Hall–Kier alpha value is -2.56. The van der Waals surface area contributed by atoms with E-state index in [9.17, 15) is 18.3 Å². The molecule has 236 valence electrons. The second kappa shape index (κ2) is 13.0. The number of halogens is 3. The third-order valence-corrected chi connectivity index (χ3v) is 11.7. The fourth-order valence-corrected chi connectivity index (χ4v) is 8.36. The summed E-state index contributed by atoms with van der Waals surface area (Å²) in [5.74, 6) is 0.511. The number of rotatable bonds is 12. The highest BCUT2D eigenvalue weighted by Crippen LogP contribution is 2.52. The molecule has 2 aliphatic rings. The van der Waals surface area contributed by atoms with Gasteiger partial charge in [-0.3, -0.25) is 4.79 Å². The summed E-state index contributed by atoms with van der Waals surface area (Å²) in [7, 11) is -2.36. The van der Waals surface area contributed by atoms with Gasteiger partial charge in [-0.25, -0.2) is 8.42 Å². The quantitative estimate of drug-likeness (QED) is 0.153. The van der Waals surface area contributed by atoms with Gasteiger partial charge < -0.3 is 19.1 Å². The highest BCUT2D eigenvalue weighted by atomic mass is 35.5. The standard InChI is InChI=1S/C32H34Cl3NO7S/c1-4-22(18(2)44(39,40)13-12-28(37)41-3)20-15-32(38,16-20)24-11-10-21(14-27(24)35)42-17-23-30(36-43-31(23)19-8-9-19)29-25(33)6-5-7-26(29)34/h4-7,10-11,14,18-20,38H,8-9,12-13,15-17H2,1-3H3/b22-4+/t18-,20?,32?/m0/s1. The number of nitrogens with zero attached hydrogens (tertiary/aromatic N) is 1. The lowest BCUT2D eigenvalue weighted by molar-refractivity contribution is -0.140. The number of benzene rings is 2. The Bertz CT molecular complexity index is 1670. The SMILES string of the molecule is C/C=C(/C1CC(O)(c2ccc(OCc3c(-c4c(Cl)cccc4Cl)noc3C3CC3)cc2Cl)C1)[C@H](C)S(=O)(=O)CCC(=O)OC. The fourth-order valence-electron chi connectivity index (χ4n) is 5.89. The maximum Gasteiger partial charge on any atom is 0.306 e. The summed E-state index contributed by atoms with van der Waals surface area (Å²) in [5.41, 5.74) is 1.95. The number of aliphatic hydroxyl groups is 1. The van der Waals surface area contributed by atoms with Crippen molar-refractivity contribution in [2.24, 2.45) is 5.92 Å². The van der Waals surface area contributed by atoms with Crippen LogP contribution in [0.1, 0.15) is 68.8 Å². The molecule has 0 aliphatic heterocycles. The Morgan fingerprint density at radius 3 is 2.43 bits per heavy atom. The van der Waals surface area contributed by atoms with Crippen LogP contribution in [0, 0.1) is 5.92 Å². The van der Waals surface area contributed by atoms with Crippen molar-refractivity contribution < 1.29 is 32.3 Å². The second-order valence-corrected chi connectivity index (χ2v) is 15.1. The largest absolute Gasteiger partial charge is 0.489 e. The Morgan fingerprint density at radius 1 is 1.16 bits per heavy atom. The van der Waals surface area contributed by atoms with Gasteiger partial charge >= 0.3 is 5.97 Å². The molecule has 0 spiro atoms. The predicted molar refractivity (Wildman–Crippen MR) is 170 cm³/mol. The van der Waals surface area contributed by atoms with Crippen molar-refractivity contribution in [3.05, 3.63) is 80.0 Å². The van der Waals surface area contributed by atoms with Gasteiger partial charge in [-0.15, -0.1) is 0 Å². The van der Waals surface area contributed by atoms with E-state index >= 15 is 0 Å². The van der Waals surface area contributed by atoms with Crippen molar-refractivity contribution in [2.75, 3.05) is 12.9 Å². The molecule has 0 unspecified atom stereocenters. The molecule has 1 aromatic heterocycles. The highest BCUT2D eigenvalue weighted by Gasteiger charge is 2.48. The maximum atomic E-state index is 12.9. The van der Waals surface area contributed by atoms with E-state index in [-0.39, 0.29) is 30.6 Å². The van der Waals surface area contributed by atoms with E-state index in [0.717, 1.165) is 24.2 Å². The Kier molecular flexibility index (Phi) is 9.73. The van der Waals surface area contributed by atoms with Gasteiger partial charge in [0.25, 0.3) is 0 Å². The Labute approximate surface area is 272 Å². The molecule has 0 radical (unpaired) electrons. The van der Waals surface area contributed by atoms with Crippen molar-refractivity contribution in [1.29, 1.82) is 0 Å². The van der Waals surface area contributed by atoms with Crippen molar-refractivity contribution >= 4 is 50.6 Å². The lowest BCUT2D eigenvalue weighted by Gasteiger charge is -2.46. The summed E-state index contributed by atoms with van der Waals surface area (Å²) in [4.78, 5) is 11.5.